The lowest BCUT2D eigenvalue weighted by Gasteiger charge is -2.14. The summed E-state index contributed by atoms with van der Waals surface area (Å²) < 4.78 is 11.9. The quantitative estimate of drug-likeness (QED) is 0.464. The molecule has 0 aliphatic carbocycles. The summed E-state index contributed by atoms with van der Waals surface area (Å²) in [5.74, 6) is 1.75. The van der Waals surface area contributed by atoms with Crippen LogP contribution in [0.1, 0.15) is 19.4 Å². The average molecular weight is 360 g/mol. The van der Waals surface area contributed by atoms with Gasteiger partial charge in [0.25, 0.3) is 0 Å². The summed E-state index contributed by atoms with van der Waals surface area (Å²) in [5, 5.41) is 4.02. The molecular formula is C13H18BrN3O2S. The first-order chi connectivity index (χ1) is 9.43. The maximum Gasteiger partial charge on any atom is 0.184 e. The van der Waals surface area contributed by atoms with Crippen LogP contribution >= 0.6 is 28.1 Å². The van der Waals surface area contributed by atoms with Gasteiger partial charge < -0.3 is 15.2 Å². The molecule has 0 heterocycles. The Hall–Kier alpha value is -1.34. The number of hydrogen-bond acceptors (Lipinski definition) is 4. The highest BCUT2D eigenvalue weighted by Gasteiger charge is 2.11. The van der Waals surface area contributed by atoms with Crippen LogP contribution in [0.2, 0.25) is 0 Å². The molecule has 0 radical (unpaired) electrons. The highest BCUT2D eigenvalue weighted by molar-refractivity contribution is 9.10. The summed E-state index contributed by atoms with van der Waals surface area (Å²) in [5.41, 5.74) is 8.61. The van der Waals surface area contributed by atoms with Gasteiger partial charge in [-0.15, -0.1) is 0 Å². The molecule has 0 fully saturated rings. The van der Waals surface area contributed by atoms with Crippen molar-refractivity contribution in [3.05, 3.63) is 22.2 Å². The van der Waals surface area contributed by atoms with Crippen molar-refractivity contribution >= 4 is 39.5 Å². The first-order valence-corrected chi connectivity index (χ1v) is 7.23. The topological polar surface area (TPSA) is 68.9 Å². The molecule has 0 unspecified atom stereocenters. The Morgan fingerprint density at radius 1 is 1.55 bits per heavy atom. The van der Waals surface area contributed by atoms with E-state index in [1.165, 1.54) is 0 Å². The van der Waals surface area contributed by atoms with Gasteiger partial charge in [0, 0.05) is 0 Å². The van der Waals surface area contributed by atoms with E-state index in [1.54, 1.807) is 13.3 Å². The summed E-state index contributed by atoms with van der Waals surface area (Å²) in [6.07, 6.45) is 1.60. The number of nitrogens with zero attached hydrogens (tertiary/aromatic N) is 1. The number of rotatable bonds is 6. The average Bonchev–Trinajstić information content (AvgIpc) is 2.36. The van der Waals surface area contributed by atoms with Gasteiger partial charge in [0.05, 0.1) is 24.4 Å². The van der Waals surface area contributed by atoms with Crippen LogP contribution in [0.15, 0.2) is 21.7 Å². The van der Waals surface area contributed by atoms with E-state index in [2.05, 4.69) is 52.5 Å². The van der Waals surface area contributed by atoms with Gasteiger partial charge in [-0.2, -0.15) is 5.10 Å². The predicted molar refractivity (Wildman–Crippen MR) is 88.5 cm³/mol. The Labute approximate surface area is 132 Å². The van der Waals surface area contributed by atoms with Crippen molar-refractivity contribution in [3.63, 3.8) is 0 Å². The molecule has 0 atom stereocenters. The first kappa shape index (κ1) is 16.7. The van der Waals surface area contributed by atoms with Gasteiger partial charge in [0.1, 0.15) is 0 Å². The Balaban J connectivity index is 2.94. The fourth-order valence-electron chi connectivity index (χ4n) is 1.37. The van der Waals surface area contributed by atoms with Crippen LogP contribution in [0, 0.1) is 5.92 Å². The van der Waals surface area contributed by atoms with Crippen LogP contribution in [0.25, 0.3) is 0 Å². The molecule has 7 heteroatoms. The number of ether oxygens (including phenoxy) is 2. The van der Waals surface area contributed by atoms with E-state index in [4.69, 9.17) is 15.2 Å². The van der Waals surface area contributed by atoms with Crippen molar-refractivity contribution in [1.29, 1.82) is 0 Å². The van der Waals surface area contributed by atoms with Crippen LogP contribution in [-0.4, -0.2) is 25.0 Å². The monoisotopic (exact) mass is 359 g/mol. The van der Waals surface area contributed by atoms with Crippen molar-refractivity contribution in [3.8, 4) is 11.5 Å². The van der Waals surface area contributed by atoms with Crippen LogP contribution < -0.4 is 20.6 Å². The van der Waals surface area contributed by atoms with Crippen molar-refractivity contribution < 1.29 is 9.47 Å². The van der Waals surface area contributed by atoms with E-state index in [-0.39, 0.29) is 5.11 Å². The van der Waals surface area contributed by atoms with Crippen molar-refractivity contribution in [2.75, 3.05) is 13.7 Å². The van der Waals surface area contributed by atoms with Gasteiger partial charge in [-0.05, 0) is 51.8 Å². The van der Waals surface area contributed by atoms with Crippen LogP contribution in [0.3, 0.4) is 0 Å². The van der Waals surface area contributed by atoms with E-state index in [1.807, 2.05) is 12.1 Å². The van der Waals surface area contributed by atoms with E-state index >= 15 is 0 Å². The fourth-order valence-corrected chi connectivity index (χ4v) is 2.00. The van der Waals surface area contributed by atoms with Gasteiger partial charge in [0.2, 0.25) is 0 Å². The maximum atomic E-state index is 5.75. The highest BCUT2D eigenvalue weighted by atomic mass is 79.9. The molecule has 1 aromatic carbocycles. The van der Waals surface area contributed by atoms with E-state index in [0.717, 1.165) is 10.0 Å². The molecule has 0 aliphatic heterocycles. The number of nitrogens with two attached hydrogens (primary N) is 1. The van der Waals surface area contributed by atoms with Crippen molar-refractivity contribution in [2.45, 2.75) is 13.8 Å². The number of thiocarbonyl (C=S) groups is 1. The normalized spacial score (nSPS) is 10.8. The molecule has 5 nitrogen and oxygen atoms in total. The van der Waals surface area contributed by atoms with Gasteiger partial charge in [0.15, 0.2) is 16.6 Å². The summed E-state index contributed by atoms with van der Waals surface area (Å²) in [6.45, 7) is 4.79. The zero-order valence-corrected chi connectivity index (χ0v) is 14.0. The Bertz CT molecular complexity index is 507. The summed E-state index contributed by atoms with van der Waals surface area (Å²) >= 11 is 8.14. The number of methoxy groups -OCH3 is 1. The molecule has 0 spiro atoms. The third kappa shape index (κ3) is 5.34. The minimum atomic E-state index is 0.115. The third-order valence-electron chi connectivity index (χ3n) is 2.20. The first-order valence-electron chi connectivity index (χ1n) is 6.03. The molecule has 1 rings (SSSR count). The minimum absolute atomic E-state index is 0.115. The number of hydrazone groups is 1. The van der Waals surface area contributed by atoms with Crippen molar-refractivity contribution in [2.24, 2.45) is 16.8 Å². The molecule has 0 bridgehead atoms. The smallest absolute Gasteiger partial charge is 0.184 e. The predicted octanol–water partition coefficient (Wildman–Crippen LogP) is 2.66. The molecule has 0 amide bonds. The minimum Gasteiger partial charge on any atom is -0.493 e. The number of hydrogen-bond donors (Lipinski definition) is 2. The molecule has 1 aromatic rings. The molecular weight excluding hydrogens is 342 g/mol. The summed E-state index contributed by atoms with van der Waals surface area (Å²) in [7, 11) is 1.60. The van der Waals surface area contributed by atoms with Crippen LogP contribution in [-0.2, 0) is 0 Å². The molecule has 110 valence electrons. The van der Waals surface area contributed by atoms with Gasteiger partial charge in [-0.3, -0.25) is 5.43 Å². The highest BCUT2D eigenvalue weighted by Crippen LogP contribution is 2.36. The SMILES string of the molecule is COc1cc(C=NNC(N)=S)cc(Br)c1OCC(C)C. The maximum absolute atomic E-state index is 5.75. The molecule has 3 N–H and O–H groups in total. The number of nitrogens with one attached hydrogen (secondary N) is 1. The largest absolute Gasteiger partial charge is 0.493 e. The van der Waals surface area contributed by atoms with Gasteiger partial charge in [-0.25, -0.2) is 0 Å². The lowest BCUT2D eigenvalue weighted by atomic mass is 10.2. The third-order valence-corrected chi connectivity index (χ3v) is 2.88. The molecule has 0 aliphatic rings. The molecule has 0 saturated carbocycles. The summed E-state index contributed by atoms with van der Waals surface area (Å²) in [4.78, 5) is 0. The standard InChI is InChI=1S/C13H18BrN3O2S/c1-8(2)7-19-12-10(14)4-9(5-11(12)18-3)6-16-17-13(15)20/h4-6,8H,7H2,1-3H3,(H3,15,17,20). The van der Waals surface area contributed by atoms with E-state index in [0.29, 0.717) is 24.0 Å². The second kappa shape index (κ2) is 8.06. The lowest BCUT2D eigenvalue weighted by molar-refractivity contribution is 0.255. The van der Waals surface area contributed by atoms with E-state index < -0.39 is 0 Å². The van der Waals surface area contributed by atoms with Gasteiger partial charge >= 0.3 is 0 Å². The molecule has 20 heavy (non-hydrogen) atoms. The number of halogens is 1. The second-order valence-corrected chi connectivity index (χ2v) is 5.77. The fraction of sp³-hybridized carbons (Fsp3) is 0.385. The van der Waals surface area contributed by atoms with Crippen LogP contribution in [0.4, 0.5) is 0 Å². The van der Waals surface area contributed by atoms with Crippen molar-refractivity contribution in [1.82, 2.24) is 5.43 Å². The second-order valence-electron chi connectivity index (χ2n) is 4.47. The Morgan fingerprint density at radius 3 is 2.80 bits per heavy atom. The molecule has 0 saturated heterocycles. The lowest BCUT2D eigenvalue weighted by Crippen LogP contribution is -2.23. The Kier molecular flexibility index (Phi) is 6.74. The molecule has 0 aromatic heterocycles. The van der Waals surface area contributed by atoms with Gasteiger partial charge in [-0.1, -0.05) is 13.8 Å². The van der Waals surface area contributed by atoms with Crippen LogP contribution in [0.5, 0.6) is 11.5 Å². The summed E-state index contributed by atoms with van der Waals surface area (Å²) in [6, 6.07) is 3.70. The number of benzene rings is 1. The zero-order chi connectivity index (χ0) is 15.1. The zero-order valence-electron chi connectivity index (χ0n) is 11.6. The van der Waals surface area contributed by atoms with E-state index in [9.17, 15) is 0 Å². The Morgan fingerprint density at radius 2 is 2.25 bits per heavy atom.